The molecule has 0 aliphatic heterocycles. The van der Waals surface area contributed by atoms with Gasteiger partial charge in [-0.1, -0.05) is 43.0 Å². The third kappa shape index (κ3) is 7.17. The zero-order chi connectivity index (χ0) is 31.1. The summed E-state index contributed by atoms with van der Waals surface area (Å²) in [5.74, 6) is 0.711. The zero-order valence-corrected chi connectivity index (χ0v) is 25.7. The van der Waals surface area contributed by atoms with Crippen LogP contribution in [0.4, 0.5) is 4.39 Å². The van der Waals surface area contributed by atoms with Gasteiger partial charge in [0.1, 0.15) is 18.2 Å². The Morgan fingerprint density at radius 1 is 1.07 bits per heavy atom. The lowest BCUT2D eigenvalue weighted by Crippen LogP contribution is -2.20. The molecule has 10 heteroatoms. The molecular formula is C34H34ClFN4O4. The predicted octanol–water partition coefficient (Wildman–Crippen LogP) is 7.79. The number of ether oxygens (including phenoxy) is 3. The van der Waals surface area contributed by atoms with E-state index in [9.17, 15) is 9.18 Å². The van der Waals surface area contributed by atoms with Gasteiger partial charge < -0.3 is 14.2 Å². The van der Waals surface area contributed by atoms with Crippen LogP contribution in [0.2, 0.25) is 5.02 Å². The van der Waals surface area contributed by atoms with Crippen molar-refractivity contribution in [3.8, 4) is 45.6 Å². The molecule has 1 aliphatic carbocycles. The van der Waals surface area contributed by atoms with E-state index in [2.05, 4.69) is 15.0 Å². The van der Waals surface area contributed by atoms with Gasteiger partial charge in [-0.25, -0.2) is 9.37 Å². The third-order valence-corrected chi connectivity index (χ3v) is 7.80. The van der Waals surface area contributed by atoms with E-state index in [1.807, 2.05) is 6.08 Å². The highest BCUT2D eigenvalue weighted by Crippen LogP contribution is 2.34. The second-order valence-electron chi connectivity index (χ2n) is 10.5. The molecule has 4 aromatic rings. The van der Waals surface area contributed by atoms with Crippen molar-refractivity contribution < 1.29 is 18.6 Å². The first-order valence-corrected chi connectivity index (χ1v) is 14.9. The van der Waals surface area contributed by atoms with Crippen molar-refractivity contribution in [3.05, 3.63) is 100 Å². The van der Waals surface area contributed by atoms with Gasteiger partial charge in [0.2, 0.25) is 5.88 Å². The van der Waals surface area contributed by atoms with E-state index in [4.69, 9.17) is 25.8 Å². The molecule has 1 aromatic carbocycles. The lowest BCUT2D eigenvalue weighted by atomic mass is 9.88. The van der Waals surface area contributed by atoms with Crippen LogP contribution in [0.5, 0.6) is 17.6 Å². The van der Waals surface area contributed by atoms with Crippen molar-refractivity contribution in [2.75, 3.05) is 20.8 Å². The van der Waals surface area contributed by atoms with Crippen LogP contribution in [-0.4, -0.2) is 40.3 Å². The maximum Gasteiger partial charge on any atom is 0.319 e. The number of benzene rings is 1. The standard InChI is InChI=1S/C34H34ClFN4O4/c1-4-31(36)25(13-22-9-6-5-7-10-22)21-44-28-15-23(14-26(35)17-28)29-16-24(30-19-38-34(43-3)39-32(30)42-2)20-40(33(29)41)27-11-8-12-37-18-27/h4,8,11-20,22H,5-7,9-10,21H2,1-3H3/b25-13-,31-4+. The molecule has 0 spiro atoms. The minimum Gasteiger partial charge on any atom is -0.489 e. The van der Waals surface area contributed by atoms with Crippen LogP contribution in [0, 0.1) is 5.92 Å². The van der Waals surface area contributed by atoms with Crippen molar-refractivity contribution in [1.29, 1.82) is 0 Å². The number of methoxy groups -OCH3 is 2. The smallest absolute Gasteiger partial charge is 0.319 e. The normalized spacial score (nSPS) is 14.4. The van der Waals surface area contributed by atoms with Gasteiger partial charge in [-0.05, 0) is 67.6 Å². The summed E-state index contributed by atoms with van der Waals surface area (Å²) in [5.41, 5.74) is 2.79. The van der Waals surface area contributed by atoms with E-state index >= 15 is 0 Å². The molecule has 1 saturated carbocycles. The van der Waals surface area contributed by atoms with Crippen LogP contribution in [0.15, 0.2) is 89.5 Å². The van der Waals surface area contributed by atoms with Crippen LogP contribution in [-0.2, 0) is 0 Å². The van der Waals surface area contributed by atoms with Crippen molar-refractivity contribution in [2.45, 2.75) is 39.0 Å². The van der Waals surface area contributed by atoms with Crippen molar-refractivity contribution in [2.24, 2.45) is 5.92 Å². The molecule has 228 valence electrons. The van der Waals surface area contributed by atoms with Crippen LogP contribution >= 0.6 is 11.6 Å². The highest BCUT2D eigenvalue weighted by Gasteiger charge is 2.19. The Labute approximate surface area is 260 Å². The number of hydrogen-bond acceptors (Lipinski definition) is 7. The first-order chi connectivity index (χ1) is 21.4. The summed E-state index contributed by atoms with van der Waals surface area (Å²) >= 11 is 6.55. The number of nitrogens with zero attached hydrogens (tertiary/aromatic N) is 4. The first kappa shape index (κ1) is 30.9. The van der Waals surface area contributed by atoms with Crippen LogP contribution in [0.3, 0.4) is 0 Å². The van der Waals surface area contributed by atoms with Crippen molar-refractivity contribution >= 4 is 11.6 Å². The summed E-state index contributed by atoms with van der Waals surface area (Å²) in [6.45, 7) is 1.71. The Hall–Kier alpha value is -4.50. The molecule has 0 amide bonds. The number of allylic oxidation sites excluding steroid dienone is 2. The maximum absolute atomic E-state index is 14.9. The Bertz CT molecular complexity index is 1730. The Morgan fingerprint density at radius 3 is 2.59 bits per heavy atom. The molecule has 0 bridgehead atoms. The number of hydrogen-bond donors (Lipinski definition) is 0. The topological polar surface area (TPSA) is 88.4 Å². The summed E-state index contributed by atoms with van der Waals surface area (Å²) in [6.07, 6.45) is 15.5. The minimum absolute atomic E-state index is 0.0345. The summed E-state index contributed by atoms with van der Waals surface area (Å²) in [6, 6.07) is 10.5. The Morgan fingerprint density at radius 2 is 1.89 bits per heavy atom. The van der Waals surface area contributed by atoms with E-state index in [0.717, 1.165) is 25.7 Å². The molecule has 0 atom stereocenters. The summed E-state index contributed by atoms with van der Waals surface area (Å²) < 4.78 is 33.1. The number of pyridine rings is 2. The van der Waals surface area contributed by atoms with E-state index in [-0.39, 0.29) is 29.9 Å². The molecule has 3 aromatic heterocycles. The summed E-state index contributed by atoms with van der Waals surface area (Å²) in [4.78, 5) is 26.7. The van der Waals surface area contributed by atoms with Crippen LogP contribution < -0.4 is 19.8 Å². The maximum atomic E-state index is 14.9. The molecule has 44 heavy (non-hydrogen) atoms. The van der Waals surface area contributed by atoms with Crippen molar-refractivity contribution in [1.82, 2.24) is 19.5 Å². The summed E-state index contributed by atoms with van der Waals surface area (Å²) in [7, 11) is 2.97. The highest BCUT2D eigenvalue weighted by atomic mass is 35.5. The van der Waals surface area contributed by atoms with Crippen molar-refractivity contribution in [3.63, 3.8) is 0 Å². The second kappa shape index (κ2) is 14.3. The molecule has 1 aliphatic rings. The zero-order valence-electron chi connectivity index (χ0n) is 24.9. The quantitative estimate of drug-likeness (QED) is 0.168. The molecule has 5 rings (SSSR count). The Kier molecular flexibility index (Phi) is 10.1. The largest absolute Gasteiger partial charge is 0.489 e. The fourth-order valence-corrected chi connectivity index (χ4v) is 5.58. The fraction of sp³-hybridized carbons (Fsp3) is 0.294. The van der Waals surface area contributed by atoms with Crippen LogP contribution in [0.25, 0.3) is 27.9 Å². The first-order valence-electron chi connectivity index (χ1n) is 14.5. The molecule has 0 N–H and O–H groups in total. The van der Waals surface area contributed by atoms with Gasteiger partial charge in [0.15, 0.2) is 0 Å². The van der Waals surface area contributed by atoms with Gasteiger partial charge in [0.05, 0.1) is 31.7 Å². The Balaban J connectivity index is 1.57. The van der Waals surface area contributed by atoms with Gasteiger partial charge in [-0.2, -0.15) is 4.98 Å². The minimum atomic E-state index is -0.305. The molecule has 0 unspecified atom stereocenters. The van der Waals surface area contributed by atoms with E-state index in [1.165, 1.54) is 31.3 Å². The monoisotopic (exact) mass is 616 g/mol. The summed E-state index contributed by atoms with van der Waals surface area (Å²) in [5, 5.41) is 0.366. The van der Waals surface area contributed by atoms with E-state index in [0.29, 0.717) is 50.2 Å². The van der Waals surface area contributed by atoms with Gasteiger partial charge in [0, 0.05) is 40.3 Å². The van der Waals surface area contributed by atoms with Gasteiger partial charge >= 0.3 is 6.01 Å². The molecule has 1 fully saturated rings. The van der Waals surface area contributed by atoms with E-state index < -0.39 is 0 Å². The van der Waals surface area contributed by atoms with E-state index in [1.54, 1.807) is 68.1 Å². The number of halogens is 2. The lowest BCUT2D eigenvalue weighted by molar-refractivity contribution is 0.343. The third-order valence-electron chi connectivity index (χ3n) is 7.58. The highest BCUT2D eigenvalue weighted by molar-refractivity contribution is 6.31. The van der Waals surface area contributed by atoms with Gasteiger partial charge in [-0.15, -0.1) is 0 Å². The molecule has 8 nitrogen and oxygen atoms in total. The fourth-order valence-electron chi connectivity index (χ4n) is 5.36. The average Bonchev–Trinajstić information content (AvgIpc) is 3.06. The molecule has 0 radical (unpaired) electrons. The van der Waals surface area contributed by atoms with Gasteiger partial charge in [-0.3, -0.25) is 14.3 Å². The SMILES string of the molecule is C/C=C(F)\C(=C/C1CCCCC1)COc1cc(Cl)cc(-c2cc(-c3cnc(OC)nc3OC)cn(-c3cccnc3)c2=O)c1. The number of rotatable bonds is 10. The van der Waals surface area contributed by atoms with Crippen LogP contribution in [0.1, 0.15) is 39.0 Å². The van der Waals surface area contributed by atoms with Gasteiger partial charge in [0.25, 0.3) is 5.56 Å². The second-order valence-corrected chi connectivity index (χ2v) is 10.9. The predicted molar refractivity (Wildman–Crippen MR) is 169 cm³/mol. The molecule has 3 heterocycles. The molecular weight excluding hydrogens is 583 g/mol. The lowest BCUT2D eigenvalue weighted by Gasteiger charge is -2.20. The molecule has 0 saturated heterocycles. The number of aromatic nitrogens is 4. The average molecular weight is 617 g/mol.